The number of aromatic nitrogens is 2. The fraction of sp³-hybridized carbons (Fsp3) is 0.462. The van der Waals surface area contributed by atoms with Gasteiger partial charge in [-0.1, -0.05) is 11.6 Å². The van der Waals surface area contributed by atoms with Crippen LogP contribution in [0.25, 0.3) is 11.0 Å². The molecule has 2 rings (SSSR count). The van der Waals surface area contributed by atoms with Gasteiger partial charge in [-0.05, 0) is 38.0 Å². The number of rotatable bonds is 4. The molecule has 4 heteroatoms. The van der Waals surface area contributed by atoms with Crippen LogP contribution in [-0.4, -0.2) is 15.6 Å². The highest BCUT2D eigenvalue weighted by molar-refractivity contribution is 6.31. The van der Waals surface area contributed by atoms with Crippen LogP contribution < -0.4 is 5.73 Å². The minimum atomic E-state index is 0.263. The molecule has 0 radical (unpaired) electrons. The van der Waals surface area contributed by atoms with Gasteiger partial charge in [-0.3, -0.25) is 0 Å². The quantitative estimate of drug-likeness (QED) is 0.908. The fourth-order valence-corrected chi connectivity index (χ4v) is 2.19. The van der Waals surface area contributed by atoms with Crippen molar-refractivity contribution in [3.8, 4) is 0 Å². The third-order valence-corrected chi connectivity index (χ3v) is 3.23. The van der Waals surface area contributed by atoms with Crippen LogP contribution in [0.5, 0.6) is 0 Å². The molecule has 1 atom stereocenters. The van der Waals surface area contributed by atoms with E-state index < -0.39 is 0 Å². The van der Waals surface area contributed by atoms with Crippen LogP contribution in [0.15, 0.2) is 18.2 Å². The second kappa shape index (κ2) is 5.07. The Morgan fingerprint density at radius 1 is 1.47 bits per heavy atom. The van der Waals surface area contributed by atoms with Crippen molar-refractivity contribution < 1.29 is 0 Å². The highest BCUT2D eigenvalue weighted by atomic mass is 35.5. The van der Waals surface area contributed by atoms with E-state index in [1.807, 2.05) is 32.2 Å². The van der Waals surface area contributed by atoms with Crippen molar-refractivity contribution in [2.24, 2.45) is 12.8 Å². The molecule has 1 aromatic carbocycles. The van der Waals surface area contributed by atoms with Gasteiger partial charge in [0.1, 0.15) is 5.82 Å². The first kappa shape index (κ1) is 12.4. The lowest BCUT2D eigenvalue weighted by Crippen LogP contribution is -2.14. The zero-order valence-electron chi connectivity index (χ0n) is 10.3. The summed E-state index contributed by atoms with van der Waals surface area (Å²) in [4.78, 5) is 4.61. The summed E-state index contributed by atoms with van der Waals surface area (Å²) >= 11 is 5.96. The van der Waals surface area contributed by atoms with Gasteiger partial charge in [0, 0.05) is 24.5 Å². The third kappa shape index (κ3) is 2.79. The van der Waals surface area contributed by atoms with Gasteiger partial charge in [0.2, 0.25) is 0 Å². The van der Waals surface area contributed by atoms with E-state index in [9.17, 15) is 0 Å². The van der Waals surface area contributed by atoms with Crippen LogP contribution in [0, 0.1) is 0 Å². The molecule has 0 saturated carbocycles. The van der Waals surface area contributed by atoms with E-state index in [1.54, 1.807) is 0 Å². The average molecular weight is 252 g/mol. The van der Waals surface area contributed by atoms with Gasteiger partial charge >= 0.3 is 0 Å². The molecular formula is C13H18ClN3. The highest BCUT2D eigenvalue weighted by Gasteiger charge is 2.08. The molecule has 92 valence electrons. The van der Waals surface area contributed by atoms with Gasteiger partial charge in [0.05, 0.1) is 11.0 Å². The first-order valence-corrected chi connectivity index (χ1v) is 6.32. The SMILES string of the molecule is CC(N)CCCc1nc2cc(Cl)ccc2n1C. The number of benzene rings is 1. The van der Waals surface area contributed by atoms with Crippen LogP contribution >= 0.6 is 11.6 Å². The smallest absolute Gasteiger partial charge is 0.109 e. The standard InChI is InChI=1S/C13H18ClN3/c1-9(15)4-3-5-13-16-11-8-10(14)6-7-12(11)17(13)2/h6-9H,3-5,15H2,1-2H3. The van der Waals surface area contributed by atoms with Gasteiger partial charge in [0.15, 0.2) is 0 Å². The predicted octanol–water partition coefficient (Wildman–Crippen LogP) is 2.90. The van der Waals surface area contributed by atoms with E-state index >= 15 is 0 Å². The maximum Gasteiger partial charge on any atom is 0.109 e. The highest BCUT2D eigenvalue weighted by Crippen LogP contribution is 2.20. The molecule has 1 aromatic heterocycles. The van der Waals surface area contributed by atoms with Gasteiger partial charge in [-0.25, -0.2) is 4.98 Å². The lowest BCUT2D eigenvalue weighted by Gasteiger charge is -2.04. The summed E-state index contributed by atoms with van der Waals surface area (Å²) in [7, 11) is 2.05. The first-order valence-electron chi connectivity index (χ1n) is 5.94. The molecule has 0 spiro atoms. The van der Waals surface area contributed by atoms with Crippen LogP contribution in [0.2, 0.25) is 5.02 Å². The number of nitrogens with two attached hydrogens (primary N) is 1. The number of hydrogen-bond acceptors (Lipinski definition) is 2. The Kier molecular flexibility index (Phi) is 3.69. The molecule has 17 heavy (non-hydrogen) atoms. The van der Waals surface area contributed by atoms with Gasteiger partial charge in [-0.15, -0.1) is 0 Å². The molecule has 0 aliphatic rings. The lowest BCUT2D eigenvalue weighted by atomic mass is 10.1. The van der Waals surface area contributed by atoms with Crippen molar-refractivity contribution in [1.29, 1.82) is 0 Å². The summed E-state index contributed by atoms with van der Waals surface area (Å²) < 4.78 is 2.13. The largest absolute Gasteiger partial charge is 0.331 e. The summed E-state index contributed by atoms with van der Waals surface area (Å²) in [5.74, 6) is 1.10. The first-order chi connectivity index (χ1) is 8.08. The number of hydrogen-bond donors (Lipinski definition) is 1. The van der Waals surface area contributed by atoms with Crippen molar-refractivity contribution in [1.82, 2.24) is 9.55 Å². The molecule has 0 fully saturated rings. The Balaban J connectivity index is 2.20. The fourth-order valence-electron chi connectivity index (χ4n) is 2.03. The van der Waals surface area contributed by atoms with Crippen LogP contribution in [0.4, 0.5) is 0 Å². The molecule has 0 bridgehead atoms. The Bertz CT molecular complexity index is 517. The normalized spacial score (nSPS) is 13.2. The summed E-state index contributed by atoms with van der Waals surface area (Å²) in [6.07, 6.45) is 3.07. The van der Waals surface area contributed by atoms with Crippen molar-refractivity contribution in [2.75, 3.05) is 0 Å². The molecule has 2 N–H and O–H groups in total. The maximum atomic E-state index is 5.96. The van der Waals surface area contributed by atoms with Crippen molar-refractivity contribution in [3.63, 3.8) is 0 Å². The molecule has 1 heterocycles. The number of imidazole rings is 1. The zero-order chi connectivity index (χ0) is 12.4. The summed E-state index contributed by atoms with van der Waals surface area (Å²) in [6.45, 7) is 2.04. The van der Waals surface area contributed by atoms with Crippen molar-refractivity contribution >= 4 is 22.6 Å². The van der Waals surface area contributed by atoms with Gasteiger partial charge in [0.25, 0.3) is 0 Å². The van der Waals surface area contributed by atoms with Crippen molar-refractivity contribution in [3.05, 3.63) is 29.0 Å². The lowest BCUT2D eigenvalue weighted by molar-refractivity contribution is 0.607. The Hall–Kier alpha value is -1.06. The molecule has 1 unspecified atom stereocenters. The third-order valence-electron chi connectivity index (χ3n) is 3.00. The molecular weight excluding hydrogens is 234 g/mol. The molecule has 0 amide bonds. The molecule has 3 nitrogen and oxygen atoms in total. The van der Waals surface area contributed by atoms with E-state index in [2.05, 4.69) is 9.55 Å². The summed E-state index contributed by atoms with van der Waals surface area (Å²) in [5, 5.41) is 0.734. The number of nitrogens with zero attached hydrogens (tertiary/aromatic N) is 2. The van der Waals surface area contributed by atoms with Gasteiger partial charge in [-0.2, -0.15) is 0 Å². The maximum absolute atomic E-state index is 5.96. The molecule has 2 aromatic rings. The molecule has 0 aliphatic heterocycles. The second-order valence-electron chi connectivity index (χ2n) is 4.59. The Labute approximate surface area is 107 Å². The van der Waals surface area contributed by atoms with E-state index in [1.165, 1.54) is 0 Å². The number of halogens is 1. The minimum absolute atomic E-state index is 0.263. The van der Waals surface area contributed by atoms with E-state index in [-0.39, 0.29) is 6.04 Å². The summed E-state index contributed by atoms with van der Waals surface area (Å²) in [6, 6.07) is 6.09. The molecule has 0 saturated heterocycles. The van der Waals surface area contributed by atoms with E-state index in [0.29, 0.717) is 0 Å². The van der Waals surface area contributed by atoms with Gasteiger partial charge < -0.3 is 10.3 Å². The average Bonchev–Trinajstić information content (AvgIpc) is 2.55. The number of fused-ring (bicyclic) bond motifs is 1. The number of aryl methyl sites for hydroxylation is 2. The van der Waals surface area contributed by atoms with E-state index in [0.717, 1.165) is 41.1 Å². The Morgan fingerprint density at radius 2 is 2.24 bits per heavy atom. The van der Waals surface area contributed by atoms with Crippen molar-refractivity contribution in [2.45, 2.75) is 32.2 Å². The van der Waals surface area contributed by atoms with Crippen LogP contribution in [0.3, 0.4) is 0 Å². The summed E-state index contributed by atoms with van der Waals surface area (Å²) in [5.41, 5.74) is 7.84. The van der Waals surface area contributed by atoms with Crippen LogP contribution in [0.1, 0.15) is 25.6 Å². The zero-order valence-corrected chi connectivity index (χ0v) is 11.0. The monoisotopic (exact) mass is 251 g/mol. The molecule has 0 aliphatic carbocycles. The topological polar surface area (TPSA) is 43.8 Å². The van der Waals surface area contributed by atoms with E-state index in [4.69, 9.17) is 17.3 Å². The second-order valence-corrected chi connectivity index (χ2v) is 5.03. The minimum Gasteiger partial charge on any atom is -0.331 e. The Morgan fingerprint density at radius 3 is 2.94 bits per heavy atom. The predicted molar refractivity (Wildman–Crippen MR) is 72.3 cm³/mol. The van der Waals surface area contributed by atoms with Crippen LogP contribution in [-0.2, 0) is 13.5 Å².